The lowest BCUT2D eigenvalue weighted by Gasteiger charge is -1.83. The summed E-state index contributed by atoms with van der Waals surface area (Å²) in [5, 5.41) is 0. The zero-order valence-electron chi connectivity index (χ0n) is 6.73. The molecule has 0 spiro atoms. The maximum Gasteiger partial charge on any atom is 0.0644 e. The average Bonchev–Trinajstić information content (AvgIpc) is 1.82. The third-order valence-corrected chi connectivity index (χ3v) is 0.622. The van der Waals surface area contributed by atoms with E-state index in [2.05, 4.69) is 0 Å². The number of rotatable bonds is 0. The Morgan fingerprint density at radius 2 is 2.00 bits per heavy atom. The minimum atomic E-state index is 0.0532. The van der Waals surface area contributed by atoms with Gasteiger partial charge in [-0.2, -0.15) is 0 Å². The summed E-state index contributed by atoms with van der Waals surface area (Å²) >= 11 is 0. The fraction of sp³-hybridized carbons (Fsp3) is 0. The summed E-state index contributed by atoms with van der Waals surface area (Å²) < 4.78 is 21.4. The second-order valence-electron chi connectivity index (χ2n) is 1.16. The minimum absolute atomic E-state index is 0.0532. The molecule has 1 rings (SSSR count). The first-order chi connectivity index (χ1) is 4.61. The van der Waals surface area contributed by atoms with Crippen LogP contribution in [0.15, 0.2) is 30.3 Å². The molecule has 36 valence electrons. The average molecular weight is 96.1 g/mol. The van der Waals surface area contributed by atoms with Gasteiger partial charge in [0.15, 0.2) is 0 Å². The maximum atomic E-state index is 7.14. The van der Waals surface area contributed by atoms with Crippen LogP contribution in [0, 0.1) is 0 Å². The van der Waals surface area contributed by atoms with Crippen LogP contribution in [-0.4, -0.2) is 0 Å². The van der Waals surface area contributed by atoms with Crippen LogP contribution in [-0.2, 0) is 0 Å². The highest BCUT2D eigenvalue weighted by atomic mass is 14.5. The lowest BCUT2D eigenvalue weighted by molar-refractivity contribution is 1.69. The first-order valence-electron chi connectivity index (χ1n) is 3.44. The Balaban J connectivity index is 3.31. The van der Waals surface area contributed by atoms with Crippen molar-refractivity contribution in [3.8, 4) is 0 Å². The Morgan fingerprint density at radius 1 is 1.43 bits per heavy atom. The van der Waals surface area contributed by atoms with Crippen molar-refractivity contribution in [2.45, 2.75) is 0 Å². The van der Waals surface area contributed by atoms with Gasteiger partial charge in [0.05, 0.1) is 4.11 Å². The van der Waals surface area contributed by atoms with E-state index in [0.29, 0.717) is 0 Å². The van der Waals surface area contributed by atoms with E-state index >= 15 is 0 Å². The fourth-order valence-corrected chi connectivity index (χ4v) is 0.322. The second kappa shape index (κ2) is 1.65. The van der Waals surface area contributed by atoms with Gasteiger partial charge >= 0.3 is 0 Å². The Kier molecular flexibility index (Phi) is 0.439. The number of hydrogen-bond acceptors (Lipinski definition) is 1. The van der Waals surface area contributed by atoms with Crippen LogP contribution in [0.3, 0.4) is 0 Å². The largest absolute Gasteiger partial charge is 0.399 e. The van der Waals surface area contributed by atoms with Crippen molar-refractivity contribution >= 4 is 5.69 Å². The summed E-state index contributed by atoms with van der Waals surface area (Å²) in [7, 11) is 0. The first kappa shape index (κ1) is 1.86. The molecule has 0 unspecified atom stereocenters. The topological polar surface area (TPSA) is 26.0 Å². The molecule has 0 saturated heterocycles. The smallest absolute Gasteiger partial charge is 0.0644 e. The van der Waals surface area contributed by atoms with Crippen molar-refractivity contribution in [3.05, 3.63) is 30.3 Å². The van der Waals surface area contributed by atoms with Crippen LogP contribution in [0.2, 0.25) is 0 Å². The van der Waals surface area contributed by atoms with Crippen molar-refractivity contribution < 1.29 is 4.11 Å². The Morgan fingerprint density at radius 3 is 2.57 bits per heavy atom. The predicted octanol–water partition coefficient (Wildman–Crippen LogP) is 1.27. The molecule has 7 heavy (non-hydrogen) atoms. The monoisotopic (exact) mass is 96.1 g/mol. The zero-order valence-corrected chi connectivity index (χ0v) is 3.73. The van der Waals surface area contributed by atoms with Crippen LogP contribution in [0.25, 0.3) is 0 Å². The molecule has 0 bridgehead atoms. The Bertz CT molecular complexity index is 236. The lowest BCUT2D eigenvalue weighted by atomic mass is 10.3. The molecule has 0 aliphatic heterocycles. The normalized spacial score (nSPS) is 14.6. The third kappa shape index (κ3) is 0.929. The molecule has 0 fully saturated rings. The Hall–Kier alpha value is -0.980. The van der Waals surface area contributed by atoms with Crippen molar-refractivity contribution in [3.63, 3.8) is 0 Å². The van der Waals surface area contributed by atoms with E-state index in [1.54, 1.807) is 0 Å². The summed E-state index contributed by atoms with van der Waals surface area (Å²) in [4.78, 5) is 0. The van der Waals surface area contributed by atoms with Crippen LogP contribution in [0.1, 0.15) is 4.11 Å². The molecule has 0 atom stereocenters. The van der Waals surface area contributed by atoms with E-state index in [0.717, 1.165) is 0 Å². The molecule has 0 radical (unpaired) electrons. The van der Waals surface area contributed by atoms with Crippen LogP contribution >= 0.6 is 0 Å². The zero-order chi connectivity index (χ0) is 7.72. The molecule has 0 amide bonds. The van der Waals surface area contributed by atoms with Crippen molar-refractivity contribution in [1.82, 2.24) is 0 Å². The predicted molar refractivity (Wildman–Crippen MR) is 30.9 cm³/mol. The van der Waals surface area contributed by atoms with Crippen molar-refractivity contribution in [2.24, 2.45) is 0 Å². The number of nitrogen functional groups attached to an aromatic ring is 1. The highest BCUT2D eigenvalue weighted by Crippen LogP contribution is 1.95. The summed E-state index contributed by atoms with van der Waals surface area (Å²) in [6.07, 6.45) is 0. The quantitative estimate of drug-likeness (QED) is 0.483. The summed E-state index contributed by atoms with van der Waals surface area (Å²) in [6.45, 7) is 0. The lowest BCUT2D eigenvalue weighted by Crippen LogP contribution is -1.79. The van der Waals surface area contributed by atoms with Crippen LogP contribution in [0.5, 0.6) is 0 Å². The number of anilines is 1. The summed E-state index contributed by atoms with van der Waals surface area (Å²) in [6, 6.07) is 2.89. The SMILES string of the molecule is [2H]c1cc([2H])c(N)c([2H])c1. The number of hydrogen-bond donors (Lipinski definition) is 1. The molecule has 1 heteroatoms. The van der Waals surface area contributed by atoms with E-state index in [-0.39, 0.29) is 23.8 Å². The molecule has 1 aromatic carbocycles. The van der Waals surface area contributed by atoms with Crippen LogP contribution in [0.4, 0.5) is 5.69 Å². The second-order valence-corrected chi connectivity index (χ2v) is 1.16. The number of para-hydroxylation sites is 1. The van der Waals surface area contributed by atoms with Gasteiger partial charge in [0.25, 0.3) is 0 Å². The molecule has 0 aliphatic carbocycles. The molecule has 0 aliphatic rings. The highest BCUT2D eigenvalue weighted by molar-refractivity contribution is 5.35. The van der Waals surface area contributed by atoms with Gasteiger partial charge in [-0.3, -0.25) is 0 Å². The van der Waals surface area contributed by atoms with Crippen LogP contribution < -0.4 is 5.73 Å². The molecule has 0 saturated carbocycles. The van der Waals surface area contributed by atoms with Crippen molar-refractivity contribution in [2.75, 3.05) is 5.73 Å². The molecule has 1 nitrogen and oxygen atoms in total. The highest BCUT2D eigenvalue weighted by Gasteiger charge is 1.72. The van der Waals surface area contributed by atoms with Gasteiger partial charge in [-0.1, -0.05) is 18.2 Å². The van der Waals surface area contributed by atoms with Crippen molar-refractivity contribution in [1.29, 1.82) is 0 Å². The van der Waals surface area contributed by atoms with E-state index in [1.165, 1.54) is 12.1 Å². The van der Waals surface area contributed by atoms with Gasteiger partial charge in [0.1, 0.15) is 0 Å². The summed E-state index contributed by atoms with van der Waals surface area (Å²) in [5.41, 5.74) is 5.43. The molecule has 1 aromatic rings. The van der Waals surface area contributed by atoms with Gasteiger partial charge in [0.2, 0.25) is 0 Å². The molecule has 2 N–H and O–H groups in total. The number of nitrogens with two attached hydrogens (primary N) is 1. The van der Waals surface area contributed by atoms with E-state index in [1.807, 2.05) is 0 Å². The molecular weight excluding hydrogens is 86.1 g/mol. The Labute approximate surface area is 47.0 Å². The standard InChI is InChI=1S/C6H7N/c7-6-4-2-1-3-5-6/h1-5H,7H2/i1D,4D,5D. The van der Waals surface area contributed by atoms with Gasteiger partial charge in [-0.05, 0) is 12.1 Å². The van der Waals surface area contributed by atoms with E-state index in [4.69, 9.17) is 9.85 Å². The third-order valence-electron chi connectivity index (χ3n) is 0.622. The first-order valence-corrected chi connectivity index (χ1v) is 1.94. The molecule has 0 aromatic heterocycles. The minimum Gasteiger partial charge on any atom is -0.399 e. The maximum absolute atomic E-state index is 7.14. The molecular formula is C6H7N. The van der Waals surface area contributed by atoms with E-state index < -0.39 is 0 Å². The van der Waals surface area contributed by atoms with Gasteiger partial charge in [-0.15, -0.1) is 0 Å². The number of benzene rings is 1. The fourth-order valence-electron chi connectivity index (χ4n) is 0.322. The molecule has 0 heterocycles. The summed E-state index contributed by atoms with van der Waals surface area (Å²) in [5.74, 6) is 0. The van der Waals surface area contributed by atoms with E-state index in [9.17, 15) is 0 Å². The van der Waals surface area contributed by atoms with Gasteiger partial charge in [-0.25, -0.2) is 0 Å². The van der Waals surface area contributed by atoms with Gasteiger partial charge in [0, 0.05) is 5.69 Å². The van der Waals surface area contributed by atoms with Gasteiger partial charge < -0.3 is 5.73 Å².